The average Bonchev–Trinajstić information content (AvgIpc) is 2.94. The summed E-state index contributed by atoms with van der Waals surface area (Å²) in [6.07, 6.45) is 2.18. The first-order chi connectivity index (χ1) is 10.1. The number of carbonyl (C=O) groups is 2. The van der Waals surface area contributed by atoms with Crippen LogP contribution in [0, 0.1) is 0 Å². The van der Waals surface area contributed by atoms with Crippen LogP contribution in [0.25, 0.3) is 0 Å². The van der Waals surface area contributed by atoms with Crippen LogP contribution in [0.5, 0.6) is 5.75 Å². The number of carbonyl (C=O) groups excluding carboxylic acids is 2. The summed E-state index contributed by atoms with van der Waals surface area (Å²) in [5, 5.41) is 14.3. The van der Waals surface area contributed by atoms with Gasteiger partial charge in [0.15, 0.2) is 0 Å². The molecule has 1 fully saturated rings. The molecule has 1 aromatic rings. The summed E-state index contributed by atoms with van der Waals surface area (Å²) in [4.78, 5) is 25.8. The minimum Gasteiger partial charge on any atom is -0.508 e. The molecule has 1 aliphatic rings. The average molecular weight is 291 g/mol. The Morgan fingerprint density at radius 2 is 2.00 bits per heavy atom. The second-order valence-corrected chi connectivity index (χ2v) is 5.14. The number of nitrogens with one attached hydrogen (secondary N) is 2. The van der Waals surface area contributed by atoms with Crippen molar-refractivity contribution in [2.24, 2.45) is 0 Å². The number of anilines is 1. The molecule has 6 nitrogen and oxygen atoms in total. The first-order valence-corrected chi connectivity index (χ1v) is 7.22. The van der Waals surface area contributed by atoms with E-state index in [4.69, 9.17) is 5.11 Å². The number of likely N-dealkylation sites (tertiary alicyclic amines) is 1. The van der Waals surface area contributed by atoms with E-state index in [9.17, 15) is 9.59 Å². The lowest BCUT2D eigenvalue weighted by atomic mass is 10.2. The van der Waals surface area contributed by atoms with Crippen molar-refractivity contribution in [2.45, 2.75) is 25.8 Å². The van der Waals surface area contributed by atoms with Gasteiger partial charge in [0.2, 0.25) is 0 Å². The normalized spacial score (nSPS) is 18.4. The fraction of sp³-hybridized carbons (Fsp3) is 0.467. The van der Waals surface area contributed by atoms with E-state index in [1.807, 2.05) is 0 Å². The molecular formula is C15H21N3O3. The lowest BCUT2D eigenvalue weighted by Crippen LogP contribution is -2.43. The van der Waals surface area contributed by atoms with Crippen molar-refractivity contribution in [2.75, 3.05) is 25.0 Å². The molecule has 0 saturated carbocycles. The van der Waals surface area contributed by atoms with Gasteiger partial charge in [-0.05, 0) is 50.2 Å². The molecular weight excluding hydrogens is 270 g/mol. The van der Waals surface area contributed by atoms with E-state index >= 15 is 0 Å². The number of nitrogens with zero attached hydrogens (tertiary/aromatic N) is 1. The van der Waals surface area contributed by atoms with Crippen LogP contribution in [0.2, 0.25) is 0 Å². The van der Waals surface area contributed by atoms with Gasteiger partial charge in [0, 0.05) is 18.3 Å². The highest BCUT2D eigenvalue weighted by molar-refractivity contribution is 6.39. The topological polar surface area (TPSA) is 81.7 Å². The van der Waals surface area contributed by atoms with Gasteiger partial charge in [-0.2, -0.15) is 0 Å². The quantitative estimate of drug-likeness (QED) is 0.569. The largest absolute Gasteiger partial charge is 0.508 e. The van der Waals surface area contributed by atoms with Crippen molar-refractivity contribution in [3.63, 3.8) is 0 Å². The van der Waals surface area contributed by atoms with Gasteiger partial charge in [-0.15, -0.1) is 0 Å². The third kappa shape index (κ3) is 4.19. The van der Waals surface area contributed by atoms with E-state index in [2.05, 4.69) is 22.5 Å². The van der Waals surface area contributed by atoms with Crippen molar-refractivity contribution in [3.05, 3.63) is 24.3 Å². The molecule has 0 radical (unpaired) electrons. The van der Waals surface area contributed by atoms with Crippen molar-refractivity contribution in [1.82, 2.24) is 10.2 Å². The monoisotopic (exact) mass is 291 g/mol. The number of hydrogen-bond acceptors (Lipinski definition) is 4. The summed E-state index contributed by atoms with van der Waals surface area (Å²) in [6.45, 7) is 4.60. The van der Waals surface area contributed by atoms with E-state index < -0.39 is 11.8 Å². The molecule has 1 heterocycles. The van der Waals surface area contributed by atoms with Gasteiger partial charge in [0.25, 0.3) is 0 Å². The molecule has 0 aliphatic carbocycles. The summed E-state index contributed by atoms with van der Waals surface area (Å²) in [7, 11) is 0. The van der Waals surface area contributed by atoms with Gasteiger partial charge in [-0.25, -0.2) is 0 Å². The zero-order valence-corrected chi connectivity index (χ0v) is 12.1. The number of benzene rings is 1. The second-order valence-electron chi connectivity index (χ2n) is 5.14. The first kappa shape index (κ1) is 15.3. The Labute approximate surface area is 124 Å². The fourth-order valence-corrected chi connectivity index (χ4v) is 2.57. The van der Waals surface area contributed by atoms with E-state index in [0.717, 1.165) is 25.9 Å². The molecule has 6 heteroatoms. The Hall–Kier alpha value is -2.08. The van der Waals surface area contributed by atoms with Crippen LogP contribution < -0.4 is 10.6 Å². The lowest BCUT2D eigenvalue weighted by Gasteiger charge is -2.22. The number of aromatic hydroxyl groups is 1. The van der Waals surface area contributed by atoms with Crippen LogP contribution in [0.4, 0.5) is 5.69 Å². The van der Waals surface area contributed by atoms with Gasteiger partial charge in [0.05, 0.1) is 0 Å². The maximum atomic E-state index is 11.8. The molecule has 0 bridgehead atoms. The molecule has 1 aliphatic heterocycles. The molecule has 114 valence electrons. The van der Waals surface area contributed by atoms with E-state index in [0.29, 0.717) is 18.3 Å². The predicted molar refractivity (Wildman–Crippen MR) is 80.0 cm³/mol. The van der Waals surface area contributed by atoms with Gasteiger partial charge < -0.3 is 15.7 Å². The molecule has 3 N–H and O–H groups in total. The number of likely N-dealkylation sites (N-methyl/N-ethyl adjacent to an activating group) is 1. The van der Waals surface area contributed by atoms with Crippen LogP contribution in [-0.2, 0) is 9.59 Å². The third-order valence-electron chi connectivity index (χ3n) is 3.73. The molecule has 2 rings (SSSR count). The molecule has 1 saturated heterocycles. The maximum Gasteiger partial charge on any atom is 0.313 e. The third-order valence-corrected chi connectivity index (χ3v) is 3.73. The molecule has 0 spiro atoms. The Kier molecular flexibility index (Phi) is 5.16. The Morgan fingerprint density at radius 3 is 2.67 bits per heavy atom. The fourth-order valence-electron chi connectivity index (χ4n) is 2.57. The molecule has 0 aromatic heterocycles. The van der Waals surface area contributed by atoms with Crippen molar-refractivity contribution in [1.29, 1.82) is 0 Å². The van der Waals surface area contributed by atoms with Gasteiger partial charge in [-0.3, -0.25) is 14.5 Å². The Bertz CT molecular complexity index is 501. The zero-order valence-electron chi connectivity index (χ0n) is 12.1. The predicted octanol–water partition coefficient (Wildman–Crippen LogP) is 0.931. The summed E-state index contributed by atoms with van der Waals surface area (Å²) >= 11 is 0. The van der Waals surface area contributed by atoms with Crippen LogP contribution in [0.3, 0.4) is 0 Å². The van der Waals surface area contributed by atoms with Crippen LogP contribution >= 0.6 is 0 Å². The number of phenolic OH excluding ortho intramolecular Hbond substituents is 1. The summed E-state index contributed by atoms with van der Waals surface area (Å²) in [6, 6.07) is 6.29. The molecule has 2 amide bonds. The van der Waals surface area contributed by atoms with Gasteiger partial charge in [-0.1, -0.05) is 6.92 Å². The summed E-state index contributed by atoms with van der Waals surface area (Å²) < 4.78 is 0. The van der Waals surface area contributed by atoms with Gasteiger partial charge in [0.1, 0.15) is 5.75 Å². The SMILES string of the molecule is CCN1CCCC1CNC(=O)C(=O)Nc1ccc(O)cc1. The van der Waals surface area contributed by atoms with Crippen LogP contribution in [-0.4, -0.2) is 47.5 Å². The van der Waals surface area contributed by atoms with Gasteiger partial charge >= 0.3 is 11.8 Å². The summed E-state index contributed by atoms with van der Waals surface area (Å²) in [5.41, 5.74) is 0.476. The number of rotatable bonds is 4. The molecule has 1 unspecified atom stereocenters. The Morgan fingerprint density at radius 1 is 1.29 bits per heavy atom. The van der Waals surface area contributed by atoms with E-state index in [1.54, 1.807) is 0 Å². The van der Waals surface area contributed by atoms with E-state index in [-0.39, 0.29) is 5.75 Å². The standard InChI is InChI=1S/C15H21N3O3/c1-2-18-9-3-4-12(18)10-16-14(20)15(21)17-11-5-7-13(19)8-6-11/h5-8,12,19H,2-4,9-10H2,1H3,(H,16,20)(H,17,21). The second kappa shape index (κ2) is 7.08. The van der Waals surface area contributed by atoms with Crippen molar-refractivity contribution >= 4 is 17.5 Å². The minimum atomic E-state index is -0.693. The molecule has 1 atom stereocenters. The number of phenols is 1. The molecule has 21 heavy (non-hydrogen) atoms. The smallest absolute Gasteiger partial charge is 0.313 e. The molecule has 1 aromatic carbocycles. The lowest BCUT2D eigenvalue weighted by molar-refractivity contribution is -0.136. The number of amides is 2. The van der Waals surface area contributed by atoms with Crippen molar-refractivity contribution in [3.8, 4) is 5.75 Å². The van der Waals surface area contributed by atoms with Crippen molar-refractivity contribution < 1.29 is 14.7 Å². The maximum absolute atomic E-state index is 11.8. The summed E-state index contributed by atoms with van der Waals surface area (Å²) in [5.74, 6) is -1.22. The highest BCUT2D eigenvalue weighted by atomic mass is 16.3. The first-order valence-electron chi connectivity index (χ1n) is 7.22. The number of hydrogen-bond donors (Lipinski definition) is 3. The highest BCUT2D eigenvalue weighted by Crippen LogP contribution is 2.16. The zero-order chi connectivity index (χ0) is 15.2. The highest BCUT2D eigenvalue weighted by Gasteiger charge is 2.24. The Balaban J connectivity index is 1.80. The minimum absolute atomic E-state index is 0.110. The van der Waals surface area contributed by atoms with Crippen LogP contribution in [0.1, 0.15) is 19.8 Å². The van der Waals surface area contributed by atoms with E-state index in [1.165, 1.54) is 24.3 Å². The van der Waals surface area contributed by atoms with Crippen LogP contribution in [0.15, 0.2) is 24.3 Å².